The van der Waals surface area contributed by atoms with Gasteiger partial charge in [-0.05, 0) is 23.8 Å². The number of carbonyl (C=O) groups is 1. The van der Waals surface area contributed by atoms with Crippen LogP contribution < -0.4 is 15.8 Å². The number of nitrogens with one attached hydrogen (secondary N) is 2. The maximum Gasteiger partial charge on any atom is 0.255 e. The first-order valence-corrected chi connectivity index (χ1v) is 11.6. The number of anilines is 1. The summed E-state index contributed by atoms with van der Waals surface area (Å²) in [6, 6.07) is 11.4. The van der Waals surface area contributed by atoms with Crippen molar-refractivity contribution in [3.05, 3.63) is 90.4 Å². The van der Waals surface area contributed by atoms with E-state index >= 15 is 0 Å². The van der Waals surface area contributed by atoms with Crippen molar-refractivity contribution in [2.75, 3.05) is 12.8 Å². The third-order valence-electron chi connectivity index (χ3n) is 6.32. The van der Waals surface area contributed by atoms with Gasteiger partial charge in [-0.15, -0.1) is 0 Å². The van der Waals surface area contributed by atoms with E-state index in [4.69, 9.17) is 15.5 Å². The van der Waals surface area contributed by atoms with Gasteiger partial charge in [-0.2, -0.15) is 10.2 Å². The lowest BCUT2D eigenvalue weighted by atomic mass is 10.0. The summed E-state index contributed by atoms with van der Waals surface area (Å²) in [5, 5.41) is 15.2. The Kier molecular flexibility index (Phi) is 5.64. The third-order valence-corrected chi connectivity index (χ3v) is 6.32. The minimum absolute atomic E-state index is 0.133. The van der Waals surface area contributed by atoms with E-state index in [1.165, 1.54) is 19.2 Å². The van der Waals surface area contributed by atoms with Gasteiger partial charge in [0.05, 0.1) is 47.2 Å². The molecule has 11 heteroatoms. The number of aromatic nitrogens is 6. The highest BCUT2D eigenvalue weighted by atomic mass is 19.1. The van der Waals surface area contributed by atoms with Gasteiger partial charge >= 0.3 is 0 Å². The summed E-state index contributed by atoms with van der Waals surface area (Å²) in [4.78, 5) is 21.5. The molecule has 4 aromatic heterocycles. The number of H-pyrrole nitrogens is 1. The number of fused-ring (bicyclic) bond motifs is 2. The largest absolute Gasteiger partial charge is 0.496 e. The molecule has 0 unspecified atom stereocenters. The van der Waals surface area contributed by atoms with Gasteiger partial charge in [0.15, 0.2) is 5.82 Å². The predicted molar refractivity (Wildman–Crippen MR) is 140 cm³/mol. The summed E-state index contributed by atoms with van der Waals surface area (Å²) in [6.07, 6.45) is 8.70. The molecule has 0 radical (unpaired) electrons. The number of amides is 1. The van der Waals surface area contributed by atoms with Gasteiger partial charge in [0, 0.05) is 41.8 Å². The maximum atomic E-state index is 13.6. The number of nitrogens with two attached hydrogens (primary N) is 1. The number of benzene rings is 2. The molecule has 0 saturated carbocycles. The molecule has 0 aliphatic heterocycles. The van der Waals surface area contributed by atoms with Crippen LogP contribution in [0.1, 0.15) is 15.9 Å². The monoisotopic (exact) mass is 508 g/mol. The molecule has 0 bridgehead atoms. The molecule has 38 heavy (non-hydrogen) atoms. The van der Waals surface area contributed by atoms with Crippen LogP contribution in [0, 0.1) is 5.82 Å². The number of nitrogens with zero attached hydrogens (tertiary/aromatic N) is 5. The average molecular weight is 509 g/mol. The Balaban J connectivity index is 1.28. The van der Waals surface area contributed by atoms with E-state index in [0.29, 0.717) is 22.6 Å². The minimum atomic E-state index is -0.512. The number of hydrogen-bond acceptors (Lipinski definition) is 7. The fourth-order valence-electron chi connectivity index (χ4n) is 4.43. The highest BCUT2D eigenvalue weighted by molar-refractivity contribution is 6.07. The van der Waals surface area contributed by atoms with Crippen molar-refractivity contribution < 1.29 is 13.9 Å². The number of aromatic amines is 1. The number of halogens is 1. The molecule has 0 fully saturated rings. The van der Waals surface area contributed by atoms with Gasteiger partial charge in [-0.3, -0.25) is 19.9 Å². The van der Waals surface area contributed by atoms with E-state index in [9.17, 15) is 9.18 Å². The number of hydrogen-bond donors (Lipinski definition) is 3. The van der Waals surface area contributed by atoms with Crippen molar-refractivity contribution in [3.8, 4) is 28.1 Å². The van der Waals surface area contributed by atoms with Gasteiger partial charge in [-0.25, -0.2) is 8.91 Å². The second-order valence-corrected chi connectivity index (χ2v) is 8.57. The van der Waals surface area contributed by atoms with E-state index in [-0.39, 0.29) is 12.1 Å². The van der Waals surface area contributed by atoms with E-state index in [1.54, 1.807) is 35.5 Å². The molecule has 2 aromatic carbocycles. The molecular weight excluding hydrogens is 487 g/mol. The zero-order chi connectivity index (χ0) is 26.2. The highest BCUT2D eigenvalue weighted by Crippen LogP contribution is 2.36. The van der Waals surface area contributed by atoms with Gasteiger partial charge in [-0.1, -0.05) is 24.3 Å². The first-order valence-electron chi connectivity index (χ1n) is 11.6. The Labute approximate surface area is 215 Å². The topological polar surface area (TPSA) is 136 Å². The lowest BCUT2D eigenvalue weighted by Gasteiger charge is -2.10. The van der Waals surface area contributed by atoms with Crippen molar-refractivity contribution >= 4 is 28.1 Å². The Hall–Kier alpha value is -5.32. The quantitative estimate of drug-likeness (QED) is 0.309. The fourth-order valence-corrected chi connectivity index (χ4v) is 4.43. The number of pyridine rings is 1. The summed E-state index contributed by atoms with van der Waals surface area (Å²) in [5.74, 6) is -0.310. The summed E-state index contributed by atoms with van der Waals surface area (Å²) >= 11 is 0. The average Bonchev–Trinajstić information content (AvgIpc) is 3.56. The van der Waals surface area contributed by atoms with E-state index in [1.807, 2.05) is 24.3 Å². The predicted octanol–water partition coefficient (Wildman–Crippen LogP) is 3.99. The number of nitrogen functional groups attached to an aromatic ring is 1. The summed E-state index contributed by atoms with van der Waals surface area (Å²) in [7, 11) is 1.43. The van der Waals surface area contributed by atoms with Crippen LogP contribution in [0.3, 0.4) is 0 Å². The van der Waals surface area contributed by atoms with Gasteiger partial charge < -0.3 is 15.8 Å². The number of carbonyl (C=O) groups excluding carboxylic acids is 1. The first-order chi connectivity index (χ1) is 18.5. The normalized spacial score (nSPS) is 11.2. The van der Waals surface area contributed by atoms with E-state index < -0.39 is 11.7 Å². The molecule has 0 spiro atoms. The SMILES string of the molecule is COc1ccc(F)cc1C(=O)NCc1ccc(-c2ncc(-c3cnn4ccncc34)c3[nH]nc(N)c23)cc1. The summed E-state index contributed by atoms with van der Waals surface area (Å²) in [5.41, 5.74) is 12.0. The van der Waals surface area contributed by atoms with Crippen molar-refractivity contribution in [2.24, 2.45) is 0 Å². The van der Waals surface area contributed by atoms with E-state index in [0.717, 1.165) is 39.4 Å². The highest BCUT2D eigenvalue weighted by Gasteiger charge is 2.19. The zero-order valence-corrected chi connectivity index (χ0v) is 20.1. The smallest absolute Gasteiger partial charge is 0.255 e. The van der Waals surface area contributed by atoms with Crippen molar-refractivity contribution in [2.45, 2.75) is 6.54 Å². The van der Waals surface area contributed by atoms with Crippen molar-refractivity contribution in [1.29, 1.82) is 0 Å². The molecule has 4 N–H and O–H groups in total. The van der Waals surface area contributed by atoms with Gasteiger partial charge in [0.2, 0.25) is 0 Å². The van der Waals surface area contributed by atoms with Crippen molar-refractivity contribution in [1.82, 2.24) is 35.1 Å². The summed E-state index contributed by atoms with van der Waals surface area (Å²) < 4.78 is 20.5. The van der Waals surface area contributed by atoms with Gasteiger partial charge in [0.25, 0.3) is 5.91 Å². The minimum Gasteiger partial charge on any atom is -0.496 e. The van der Waals surface area contributed by atoms with Crippen LogP contribution in [0.4, 0.5) is 10.2 Å². The van der Waals surface area contributed by atoms with Crippen LogP contribution in [0.15, 0.2) is 73.4 Å². The number of methoxy groups -OCH3 is 1. The molecule has 0 saturated heterocycles. The third kappa shape index (κ3) is 3.95. The zero-order valence-electron chi connectivity index (χ0n) is 20.1. The lowest BCUT2D eigenvalue weighted by Crippen LogP contribution is -2.23. The molecule has 0 atom stereocenters. The molecular formula is C27H21FN8O2. The summed E-state index contributed by atoms with van der Waals surface area (Å²) in [6.45, 7) is 0.247. The number of rotatable bonds is 6. The van der Waals surface area contributed by atoms with Crippen LogP contribution in [-0.4, -0.2) is 42.8 Å². The first kappa shape index (κ1) is 23.1. The second kappa shape index (κ2) is 9.28. The van der Waals surface area contributed by atoms with Crippen LogP contribution in [0.2, 0.25) is 0 Å². The Morgan fingerprint density at radius 2 is 1.97 bits per heavy atom. The van der Waals surface area contributed by atoms with Crippen LogP contribution in [0.5, 0.6) is 5.75 Å². The Morgan fingerprint density at radius 1 is 1.13 bits per heavy atom. The molecule has 6 aromatic rings. The molecule has 0 aliphatic rings. The Bertz CT molecular complexity index is 1810. The van der Waals surface area contributed by atoms with Crippen LogP contribution in [0.25, 0.3) is 38.8 Å². The van der Waals surface area contributed by atoms with Gasteiger partial charge in [0.1, 0.15) is 11.6 Å². The lowest BCUT2D eigenvalue weighted by molar-refractivity contribution is 0.0947. The van der Waals surface area contributed by atoms with Crippen LogP contribution in [-0.2, 0) is 6.54 Å². The molecule has 0 aliphatic carbocycles. The second-order valence-electron chi connectivity index (χ2n) is 8.57. The molecule has 10 nitrogen and oxygen atoms in total. The van der Waals surface area contributed by atoms with Crippen LogP contribution >= 0.6 is 0 Å². The molecule has 188 valence electrons. The molecule has 6 rings (SSSR count). The Morgan fingerprint density at radius 3 is 2.79 bits per heavy atom. The van der Waals surface area contributed by atoms with Crippen molar-refractivity contribution in [3.63, 3.8) is 0 Å². The standard InChI is InChI=1S/C27H21FN8O2/c1-38-22-7-6-17(28)10-18(22)27(37)32-11-15-2-4-16(5-3-15)24-23-25(34-35-26(23)29)20(12-31-24)19-13-33-36-9-8-30-14-21(19)36/h2-10,12-14H,11H2,1H3,(H,32,37)(H3,29,34,35). The molecule has 1 amide bonds. The number of ether oxygens (including phenoxy) is 1. The maximum absolute atomic E-state index is 13.6. The fraction of sp³-hybridized carbons (Fsp3) is 0.0741. The van der Waals surface area contributed by atoms with E-state index in [2.05, 4.69) is 25.6 Å². The molecule has 4 heterocycles.